The lowest BCUT2D eigenvalue weighted by atomic mass is 10.1. The topological polar surface area (TPSA) is 46.2 Å². The van der Waals surface area contributed by atoms with Gasteiger partial charge in [0.15, 0.2) is 9.84 Å². The molecular weight excluding hydrogens is 234 g/mol. The highest BCUT2D eigenvalue weighted by atomic mass is 35.5. The van der Waals surface area contributed by atoms with Gasteiger partial charge in [0, 0.05) is 12.3 Å². The molecule has 0 fully saturated rings. The van der Waals surface area contributed by atoms with E-state index in [1.54, 1.807) is 12.1 Å². The van der Waals surface area contributed by atoms with Crippen molar-refractivity contribution in [3.63, 3.8) is 0 Å². The van der Waals surface area contributed by atoms with Crippen LogP contribution in [0.15, 0.2) is 29.2 Å². The monoisotopic (exact) mass is 248 g/mol. The quantitative estimate of drug-likeness (QED) is 0.699. The molecular formula is C10H15ClNO2S-. The molecule has 0 aliphatic heterocycles. The second-order valence-corrected chi connectivity index (χ2v) is 5.37. The van der Waals surface area contributed by atoms with Gasteiger partial charge in [0.05, 0.1) is 4.90 Å². The molecule has 0 amide bonds. The minimum absolute atomic E-state index is 0. The van der Waals surface area contributed by atoms with Crippen LogP contribution in [0.2, 0.25) is 0 Å². The van der Waals surface area contributed by atoms with Gasteiger partial charge in [0.1, 0.15) is 0 Å². The van der Waals surface area contributed by atoms with Gasteiger partial charge in [-0.25, -0.2) is 8.42 Å². The summed E-state index contributed by atoms with van der Waals surface area (Å²) in [5.74, 6) is 0. The first-order valence-corrected chi connectivity index (χ1v) is 6.31. The molecule has 1 aromatic carbocycles. The van der Waals surface area contributed by atoms with E-state index in [2.05, 4.69) is 5.32 Å². The van der Waals surface area contributed by atoms with Crippen LogP contribution in [0.1, 0.15) is 18.5 Å². The van der Waals surface area contributed by atoms with Crippen LogP contribution in [-0.4, -0.2) is 21.7 Å². The van der Waals surface area contributed by atoms with Crippen molar-refractivity contribution >= 4 is 9.84 Å². The summed E-state index contributed by atoms with van der Waals surface area (Å²) in [6, 6.07) is 7.18. The number of halogens is 1. The van der Waals surface area contributed by atoms with E-state index in [4.69, 9.17) is 0 Å². The standard InChI is InChI=1S/C10H15NO2S.ClH/c1-8(11-2)9-4-6-10(7-5-9)14(3,12)13;/h4-8,11H,1-3H3;1H/p-1. The summed E-state index contributed by atoms with van der Waals surface area (Å²) in [5, 5.41) is 3.09. The van der Waals surface area contributed by atoms with Crippen molar-refractivity contribution in [3.05, 3.63) is 29.8 Å². The zero-order valence-electron chi connectivity index (χ0n) is 8.99. The van der Waals surface area contributed by atoms with E-state index in [-0.39, 0.29) is 18.4 Å². The fourth-order valence-corrected chi connectivity index (χ4v) is 1.80. The zero-order valence-corrected chi connectivity index (χ0v) is 10.6. The van der Waals surface area contributed by atoms with E-state index in [0.717, 1.165) is 5.56 Å². The molecule has 0 radical (unpaired) electrons. The first kappa shape index (κ1) is 14.4. The lowest BCUT2D eigenvalue weighted by Crippen LogP contribution is -3.00. The zero-order chi connectivity index (χ0) is 10.8. The van der Waals surface area contributed by atoms with E-state index < -0.39 is 9.84 Å². The first-order valence-electron chi connectivity index (χ1n) is 4.42. The molecule has 0 bridgehead atoms. The fourth-order valence-electron chi connectivity index (χ4n) is 1.17. The summed E-state index contributed by atoms with van der Waals surface area (Å²) in [6.45, 7) is 2.02. The molecule has 3 nitrogen and oxygen atoms in total. The van der Waals surface area contributed by atoms with E-state index >= 15 is 0 Å². The average molecular weight is 249 g/mol. The molecule has 1 unspecified atom stereocenters. The molecule has 0 aliphatic carbocycles. The van der Waals surface area contributed by atoms with Crippen molar-refractivity contribution < 1.29 is 20.8 Å². The van der Waals surface area contributed by atoms with Crippen LogP contribution >= 0.6 is 0 Å². The largest absolute Gasteiger partial charge is 1.00 e. The number of hydrogen-bond donors (Lipinski definition) is 1. The maximum absolute atomic E-state index is 11.2. The smallest absolute Gasteiger partial charge is 0.175 e. The summed E-state index contributed by atoms with van der Waals surface area (Å²) in [4.78, 5) is 0.365. The van der Waals surface area contributed by atoms with E-state index in [1.807, 2.05) is 26.1 Å². The summed E-state index contributed by atoms with van der Waals surface area (Å²) in [7, 11) is -1.20. The number of hydrogen-bond acceptors (Lipinski definition) is 3. The maximum Gasteiger partial charge on any atom is 0.175 e. The summed E-state index contributed by atoms with van der Waals surface area (Å²) in [5.41, 5.74) is 1.08. The molecule has 15 heavy (non-hydrogen) atoms. The fraction of sp³-hybridized carbons (Fsp3) is 0.400. The van der Waals surface area contributed by atoms with Crippen LogP contribution in [0, 0.1) is 0 Å². The minimum atomic E-state index is -3.07. The van der Waals surface area contributed by atoms with E-state index in [9.17, 15) is 8.42 Å². The SMILES string of the molecule is CNC(C)c1ccc(S(C)(=O)=O)cc1.[Cl-]. The Labute approximate surface area is 97.2 Å². The molecule has 0 spiro atoms. The Hall–Kier alpha value is -0.580. The lowest BCUT2D eigenvalue weighted by Gasteiger charge is -2.10. The van der Waals surface area contributed by atoms with Gasteiger partial charge in [0.25, 0.3) is 0 Å². The van der Waals surface area contributed by atoms with Crippen LogP contribution in [0.5, 0.6) is 0 Å². The van der Waals surface area contributed by atoms with Gasteiger partial charge in [0.2, 0.25) is 0 Å². The Balaban J connectivity index is 0.00000196. The van der Waals surface area contributed by atoms with Crippen LogP contribution in [0.3, 0.4) is 0 Å². The molecule has 1 N–H and O–H groups in total. The highest BCUT2D eigenvalue weighted by Gasteiger charge is 2.07. The number of rotatable bonds is 3. The predicted molar refractivity (Wildman–Crippen MR) is 57.0 cm³/mol. The Bertz CT molecular complexity index is 400. The van der Waals surface area contributed by atoms with Gasteiger partial charge in [-0.05, 0) is 31.7 Å². The van der Waals surface area contributed by atoms with Crippen molar-refractivity contribution in [2.75, 3.05) is 13.3 Å². The van der Waals surface area contributed by atoms with Gasteiger partial charge in [-0.3, -0.25) is 0 Å². The summed E-state index contributed by atoms with van der Waals surface area (Å²) < 4.78 is 22.3. The number of sulfone groups is 1. The Morgan fingerprint density at radius 3 is 2.00 bits per heavy atom. The van der Waals surface area contributed by atoms with Crippen LogP contribution in [0.4, 0.5) is 0 Å². The number of benzene rings is 1. The second kappa shape index (κ2) is 5.49. The summed E-state index contributed by atoms with van der Waals surface area (Å²) >= 11 is 0. The van der Waals surface area contributed by atoms with Gasteiger partial charge < -0.3 is 17.7 Å². The molecule has 0 aliphatic rings. The van der Waals surface area contributed by atoms with Crippen LogP contribution < -0.4 is 17.7 Å². The molecule has 1 rings (SSSR count). The van der Waals surface area contributed by atoms with Crippen molar-refractivity contribution in [2.45, 2.75) is 17.9 Å². The van der Waals surface area contributed by atoms with E-state index in [0.29, 0.717) is 4.90 Å². The minimum Gasteiger partial charge on any atom is -1.00 e. The highest BCUT2D eigenvalue weighted by Crippen LogP contribution is 2.15. The maximum atomic E-state index is 11.2. The number of nitrogens with one attached hydrogen (secondary N) is 1. The second-order valence-electron chi connectivity index (χ2n) is 3.35. The molecule has 1 aromatic rings. The third kappa shape index (κ3) is 3.81. The van der Waals surface area contributed by atoms with Crippen molar-refractivity contribution in [3.8, 4) is 0 Å². The normalized spacial score (nSPS) is 13.0. The Morgan fingerprint density at radius 1 is 1.20 bits per heavy atom. The first-order chi connectivity index (χ1) is 6.45. The predicted octanol–water partition coefficient (Wildman–Crippen LogP) is -1.63. The molecule has 0 heterocycles. The molecule has 0 saturated carbocycles. The van der Waals surface area contributed by atoms with E-state index in [1.165, 1.54) is 6.26 Å². The van der Waals surface area contributed by atoms with Crippen molar-refractivity contribution in [1.82, 2.24) is 5.32 Å². The molecule has 0 aromatic heterocycles. The highest BCUT2D eigenvalue weighted by molar-refractivity contribution is 7.90. The Kier molecular flexibility index (Phi) is 5.28. The van der Waals surface area contributed by atoms with Gasteiger partial charge >= 0.3 is 0 Å². The van der Waals surface area contributed by atoms with Crippen LogP contribution in [-0.2, 0) is 9.84 Å². The lowest BCUT2D eigenvalue weighted by molar-refractivity contribution is -0.00000553. The summed E-state index contributed by atoms with van der Waals surface area (Å²) in [6.07, 6.45) is 1.21. The average Bonchev–Trinajstić information content (AvgIpc) is 2.15. The molecule has 86 valence electrons. The van der Waals surface area contributed by atoms with Gasteiger partial charge in [-0.1, -0.05) is 12.1 Å². The Morgan fingerprint density at radius 2 is 1.67 bits per heavy atom. The van der Waals surface area contributed by atoms with Gasteiger partial charge in [-0.2, -0.15) is 0 Å². The molecule has 5 heteroatoms. The van der Waals surface area contributed by atoms with Crippen molar-refractivity contribution in [1.29, 1.82) is 0 Å². The third-order valence-corrected chi connectivity index (χ3v) is 3.37. The van der Waals surface area contributed by atoms with Gasteiger partial charge in [-0.15, -0.1) is 0 Å². The third-order valence-electron chi connectivity index (χ3n) is 2.24. The molecule has 1 atom stereocenters. The van der Waals surface area contributed by atoms with Crippen molar-refractivity contribution in [2.24, 2.45) is 0 Å². The van der Waals surface area contributed by atoms with Crippen LogP contribution in [0.25, 0.3) is 0 Å². The molecule has 0 saturated heterocycles.